The average molecular weight is 325 g/mol. The van der Waals surface area contributed by atoms with E-state index in [9.17, 15) is 18.0 Å². The molecule has 3 N–H and O–H groups in total. The van der Waals surface area contributed by atoms with Crippen LogP contribution in [0.3, 0.4) is 0 Å². The van der Waals surface area contributed by atoms with Gasteiger partial charge in [0.2, 0.25) is 0 Å². The van der Waals surface area contributed by atoms with Crippen molar-refractivity contribution in [2.75, 3.05) is 5.32 Å². The van der Waals surface area contributed by atoms with Gasteiger partial charge in [0.25, 0.3) is 0 Å². The van der Waals surface area contributed by atoms with Gasteiger partial charge in [0, 0.05) is 24.0 Å². The highest BCUT2D eigenvalue weighted by atomic mass is 19.4. The number of nitrogens with zero attached hydrogens (tertiary/aromatic N) is 2. The molecule has 0 saturated heterocycles. The predicted octanol–water partition coefficient (Wildman–Crippen LogP) is 2.93. The number of pyridine rings is 1. The van der Waals surface area contributed by atoms with E-state index in [0.29, 0.717) is 18.5 Å². The molecule has 2 aromatic rings. The molecule has 1 unspecified atom stereocenters. The highest BCUT2D eigenvalue weighted by molar-refractivity contribution is 5.89. The van der Waals surface area contributed by atoms with E-state index in [1.54, 1.807) is 24.5 Å². The quantitative estimate of drug-likeness (QED) is 0.808. The molecule has 0 spiro atoms. The Kier molecular flexibility index (Phi) is 3.93. The predicted molar refractivity (Wildman–Crippen MR) is 76.5 cm³/mol. The number of aromatic nitrogens is 3. The number of H-pyrrole nitrogens is 1. The first kappa shape index (κ1) is 15.3. The van der Waals surface area contributed by atoms with Gasteiger partial charge < -0.3 is 5.32 Å². The van der Waals surface area contributed by atoms with Crippen LogP contribution in [0.2, 0.25) is 0 Å². The van der Waals surface area contributed by atoms with Crippen LogP contribution < -0.4 is 10.6 Å². The van der Waals surface area contributed by atoms with Crippen molar-refractivity contribution in [1.29, 1.82) is 0 Å². The number of alkyl halides is 3. The van der Waals surface area contributed by atoms with Crippen LogP contribution in [0.1, 0.15) is 12.8 Å². The summed E-state index contributed by atoms with van der Waals surface area (Å²) in [6, 6.07) is 2.27. The fourth-order valence-electron chi connectivity index (χ4n) is 2.26. The van der Waals surface area contributed by atoms with Gasteiger partial charge in [0.05, 0.1) is 5.69 Å². The first-order valence-electron chi connectivity index (χ1n) is 7.03. The maximum absolute atomic E-state index is 12.9. The van der Waals surface area contributed by atoms with Crippen LogP contribution in [0, 0.1) is 5.92 Å². The molecule has 1 fully saturated rings. The standard InChI is InChI=1S/C14H14F3N5O/c15-14(16,17)12(9-1-2-9)20-13(23)19-11-7-10(21-22-11)8-3-5-18-6-4-8/h3-7,9,12H,1-2H2,(H3,19,20,21,22,23). The Morgan fingerprint density at radius 2 is 2.00 bits per heavy atom. The van der Waals surface area contributed by atoms with E-state index in [2.05, 4.69) is 20.5 Å². The zero-order valence-electron chi connectivity index (χ0n) is 11.9. The van der Waals surface area contributed by atoms with Crippen molar-refractivity contribution in [1.82, 2.24) is 20.5 Å². The summed E-state index contributed by atoms with van der Waals surface area (Å²) in [5.74, 6) is -0.390. The second-order valence-electron chi connectivity index (χ2n) is 5.36. The number of anilines is 1. The highest BCUT2D eigenvalue weighted by Gasteiger charge is 2.49. The van der Waals surface area contributed by atoms with Gasteiger partial charge in [-0.1, -0.05) is 0 Å². The normalized spacial score (nSPS) is 16.0. The van der Waals surface area contributed by atoms with E-state index >= 15 is 0 Å². The van der Waals surface area contributed by atoms with Gasteiger partial charge in [-0.25, -0.2) is 4.79 Å². The first-order valence-corrected chi connectivity index (χ1v) is 7.03. The van der Waals surface area contributed by atoms with Gasteiger partial charge in [-0.15, -0.1) is 0 Å². The monoisotopic (exact) mass is 325 g/mol. The molecule has 0 aliphatic heterocycles. The van der Waals surface area contributed by atoms with Crippen molar-refractivity contribution in [3.8, 4) is 11.3 Å². The van der Waals surface area contributed by atoms with Crippen LogP contribution >= 0.6 is 0 Å². The number of hydrogen-bond acceptors (Lipinski definition) is 3. The van der Waals surface area contributed by atoms with E-state index in [0.717, 1.165) is 5.56 Å². The number of carbonyl (C=O) groups is 1. The molecule has 0 aromatic carbocycles. The molecule has 1 aliphatic carbocycles. The Bertz CT molecular complexity index is 681. The highest BCUT2D eigenvalue weighted by Crippen LogP contribution is 2.40. The maximum atomic E-state index is 12.9. The molecular weight excluding hydrogens is 311 g/mol. The van der Waals surface area contributed by atoms with Crippen LogP contribution in [-0.4, -0.2) is 33.4 Å². The summed E-state index contributed by atoms with van der Waals surface area (Å²) in [6.07, 6.45) is -0.316. The number of aromatic amines is 1. The Morgan fingerprint density at radius 1 is 1.30 bits per heavy atom. The Balaban J connectivity index is 1.63. The lowest BCUT2D eigenvalue weighted by molar-refractivity contribution is -0.157. The zero-order chi connectivity index (χ0) is 16.4. The smallest absolute Gasteiger partial charge is 0.326 e. The fraction of sp³-hybridized carbons (Fsp3) is 0.357. The number of hydrogen-bond donors (Lipinski definition) is 3. The van der Waals surface area contributed by atoms with E-state index in [1.165, 1.54) is 6.07 Å². The van der Waals surface area contributed by atoms with Crippen LogP contribution in [0.15, 0.2) is 30.6 Å². The molecule has 122 valence electrons. The van der Waals surface area contributed by atoms with Crippen molar-refractivity contribution in [2.45, 2.75) is 25.1 Å². The lowest BCUT2D eigenvalue weighted by atomic mass is 10.2. The molecule has 2 aromatic heterocycles. The number of urea groups is 1. The minimum atomic E-state index is -4.45. The lowest BCUT2D eigenvalue weighted by Crippen LogP contribution is -2.48. The molecule has 0 bridgehead atoms. The molecule has 0 radical (unpaired) electrons. The Hall–Kier alpha value is -2.58. The second kappa shape index (κ2) is 5.90. The van der Waals surface area contributed by atoms with Crippen molar-refractivity contribution < 1.29 is 18.0 Å². The summed E-state index contributed by atoms with van der Waals surface area (Å²) in [5, 5.41) is 10.9. The number of nitrogens with one attached hydrogen (secondary N) is 3. The average Bonchev–Trinajstić information content (AvgIpc) is 3.23. The van der Waals surface area contributed by atoms with E-state index < -0.39 is 24.2 Å². The number of halogens is 3. The maximum Gasteiger partial charge on any atom is 0.408 e. The molecule has 9 heteroatoms. The van der Waals surface area contributed by atoms with Crippen LogP contribution in [0.5, 0.6) is 0 Å². The Labute approximate surface area is 129 Å². The largest absolute Gasteiger partial charge is 0.408 e. The summed E-state index contributed by atoms with van der Waals surface area (Å²) in [6.45, 7) is 0. The lowest BCUT2D eigenvalue weighted by Gasteiger charge is -2.21. The van der Waals surface area contributed by atoms with Crippen LogP contribution in [-0.2, 0) is 0 Å². The van der Waals surface area contributed by atoms with Gasteiger partial charge in [0.1, 0.15) is 6.04 Å². The van der Waals surface area contributed by atoms with Gasteiger partial charge in [-0.05, 0) is 30.9 Å². The van der Waals surface area contributed by atoms with E-state index in [4.69, 9.17) is 0 Å². The third-order valence-corrected chi connectivity index (χ3v) is 3.54. The van der Waals surface area contributed by atoms with Crippen LogP contribution in [0.4, 0.5) is 23.8 Å². The van der Waals surface area contributed by atoms with E-state index in [1.807, 2.05) is 5.32 Å². The SMILES string of the molecule is O=C(Nc1cc(-c2ccncc2)[nH]n1)NC(C1CC1)C(F)(F)F. The van der Waals surface area contributed by atoms with Crippen molar-refractivity contribution >= 4 is 11.8 Å². The molecule has 3 rings (SSSR count). The van der Waals surface area contributed by atoms with Gasteiger partial charge in [0.15, 0.2) is 5.82 Å². The van der Waals surface area contributed by atoms with Crippen molar-refractivity contribution in [3.63, 3.8) is 0 Å². The van der Waals surface area contributed by atoms with Crippen LogP contribution in [0.25, 0.3) is 11.3 Å². The zero-order valence-corrected chi connectivity index (χ0v) is 11.9. The molecular formula is C14H14F3N5O. The molecule has 1 aliphatic rings. The number of rotatable bonds is 4. The molecule has 23 heavy (non-hydrogen) atoms. The topological polar surface area (TPSA) is 82.7 Å². The van der Waals surface area contributed by atoms with Gasteiger partial charge in [-0.2, -0.15) is 18.3 Å². The summed E-state index contributed by atoms with van der Waals surface area (Å²) in [4.78, 5) is 15.6. The first-order chi connectivity index (χ1) is 10.9. The molecule has 1 atom stereocenters. The third kappa shape index (κ3) is 3.79. The number of amides is 2. The summed E-state index contributed by atoms with van der Waals surface area (Å²) < 4.78 is 38.6. The summed E-state index contributed by atoms with van der Waals surface area (Å²) in [5.41, 5.74) is 1.42. The Morgan fingerprint density at radius 3 is 2.61 bits per heavy atom. The molecule has 2 amide bonds. The molecule has 1 saturated carbocycles. The molecule has 6 nitrogen and oxygen atoms in total. The van der Waals surface area contributed by atoms with Crippen molar-refractivity contribution in [3.05, 3.63) is 30.6 Å². The minimum Gasteiger partial charge on any atom is -0.326 e. The summed E-state index contributed by atoms with van der Waals surface area (Å²) in [7, 11) is 0. The third-order valence-electron chi connectivity index (χ3n) is 3.54. The van der Waals surface area contributed by atoms with Crippen molar-refractivity contribution in [2.24, 2.45) is 5.92 Å². The van der Waals surface area contributed by atoms with Gasteiger partial charge in [-0.3, -0.25) is 15.4 Å². The summed E-state index contributed by atoms with van der Waals surface area (Å²) >= 11 is 0. The van der Waals surface area contributed by atoms with E-state index in [-0.39, 0.29) is 5.82 Å². The minimum absolute atomic E-state index is 0.144. The number of carbonyl (C=O) groups excluding carboxylic acids is 1. The van der Waals surface area contributed by atoms with Gasteiger partial charge >= 0.3 is 12.2 Å². The molecule has 2 heterocycles. The fourth-order valence-corrected chi connectivity index (χ4v) is 2.26. The second-order valence-corrected chi connectivity index (χ2v) is 5.36.